The molecule has 0 aliphatic carbocycles. The summed E-state index contributed by atoms with van der Waals surface area (Å²) < 4.78 is 14.8. The van der Waals surface area contributed by atoms with Gasteiger partial charge in [0.15, 0.2) is 0 Å². The van der Waals surface area contributed by atoms with Gasteiger partial charge in [-0.15, -0.1) is 0 Å². The SMILES string of the molecule is N#Cc1ccc2nc(N)n(-c3ccc(F)cc3C#N)c2c1. The van der Waals surface area contributed by atoms with E-state index in [9.17, 15) is 4.39 Å². The van der Waals surface area contributed by atoms with Gasteiger partial charge in [0.2, 0.25) is 5.95 Å². The minimum absolute atomic E-state index is 0.142. The van der Waals surface area contributed by atoms with E-state index >= 15 is 0 Å². The summed E-state index contributed by atoms with van der Waals surface area (Å²) in [6.45, 7) is 0. The second kappa shape index (κ2) is 4.62. The number of fused-ring (bicyclic) bond motifs is 1. The summed E-state index contributed by atoms with van der Waals surface area (Å²) in [7, 11) is 0. The molecule has 2 aromatic carbocycles. The van der Waals surface area contributed by atoms with Crippen LogP contribution >= 0.6 is 0 Å². The second-order valence-corrected chi connectivity index (χ2v) is 4.39. The molecule has 0 aliphatic heterocycles. The molecular weight excluding hydrogens is 269 g/mol. The maximum Gasteiger partial charge on any atom is 0.205 e. The van der Waals surface area contributed by atoms with Crippen molar-refractivity contribution >= 4 is 17.0 Å². The third-order valence-electron chi connectivity index (χ3n) is 3.13. The van der Waals surface area contributed by atoms with E-state index in [1.807, 2.05) is 12.1 Å². The molecule has 0 aliphatic rings. The maximum atomic E-state index is 13.3. The Morgan fingerprint density at radius 1 is 1.10 bits per heavy atom. The molecule has 0 atom stereocenters. The van der Waals surface area contributed by atoms with Crippen LogP contribution in [0.4, 0.5) is 10.3 Å². The van der Waals surface area contributed by atoms with Crippen LogP contribution in [-0.4, -0.2) is 9.55 Å². The van der Waals surface area contributed by atoms with Gasteiger partial charge in [-0.05, 0) is 36.4 Å². The fourth-order valence-electron chi connectivity index (χ4n) is 2.21. The van der Waals surface area contributed by atoms with E-state index in [1.54, 1.807) is 18.2 Å². The topological polar surface area (TPSA) is 91.4 Å². The third kappa shape index (κ3) is 1.96. The molecule has 3 rings (SSSR count). The number of benzene rings is 2. The fourth-order valence-corrected chi connectivity index (χ4v) is 2.21. The number of nitrogens with zero attached hydrogens (tertiary/aromatic N) is 4. The average Bonchev–Trinajstić information content (AvgIpc) is 2.82. The summed E-state index contributed by atoms with van der Waals surface area (Å²) in [5, 5.41) is 18.2. The van der Waals surface area contributed by atoms with Crippen molar-refractivity contribution < 1.29 is 4.39 Å². The molecule has 3 aromatic rings. The van der Waals surface area contributed by atoms with Crippen LogP contribution in [0.5, 0.6) is 0 Å². The Kier molecular flexibility index (Phi) is 2.78. The van der Waals surface area contributed by atoms with Gasteiger partial charge in [0.05, 0.1) is 33.9 Å². The number of imidazole rings is 1. The van der Waals surface area contributed by atoms with Crippen molar-refractivity contribution in [3.8, 4) is 17.8 Å². The van der Waals surface area contributed by atoms with Crippen molar-refractivity contribution in [1.29, 1.82) is 10.5 Å². The Balaban J connectivity index is 2.38. The molecule has 2 N–H and O–H groups in total. The highest BCUT2D eigenvalue weighted by Gasteiger charge is 2.14. The lowest BCUT2D eigenvalue weighted by molar-refractivity contribution is 0.627. The van der Waals surface area contributed by atoms with Crippen molar-refractivity contribution in [3.63, 3.8) is 0 Å². The summed E-state index contributed by atoms with van der Waals surface area (Å²) in [5.41, 5.74) is 8.11. The minimum Gasteiger partial charge on any atom is -0.369 e. The number of nitrogen functional groups attached to an aromatic ring is 1. The lowest BCUT2D eigenvalue weighted by Gasteiger charge is -2.08. The Hall–Kier alpha value is -3.38. The van der Waals surface area contributed by atoms with Crippen molar-refractivity contribution in [2.45, 2.75) is 0 Å². The van der Waals surface area contributed by atoms with Crippen LogP contribution in [-0.2, 0) is 0 Å². The summed E-state index contributed by atoms with van der Waals surface area (Å²) in [6.07, 6.45) is 0. The van der Waals surface area contributed by atoms with Gasteiger partial charge in [0.1, 0.15) is 11.9 Å². The lowest BCUT2D eigenvalue weighted by Crippen LogP contribution is -2.03. The van der Waals surface area contributed by atoms with E-state index in [2.05, 4.69) is 4.98 Å². The van der Waals surface area contributed by atoms with E-state index in [0.29, 0.717) is 22.3 Å². The largest absolute Gasteiger partial charge is 0.369 e. The molecule has 0 fully saturated rings. The average molecular weight is 277 g/mol. The van der Waals surface area contributed by atoms with Crippen molar-refractivity contribution in [1.82, 2.24) is 9.55 Å². The van der Waals surface area contributed by atoms with Crippen LogP contribution in [0.25, 0.3) is 16.7 Å². The molecule has 1 heterocycles. The van der Waals surface area contributed by atoms with Crippen LogP contribution < -0.4 is 5.73 Å². The lowest BCUT2D eigenvalue weighted by atomic mass is 10.1. The van der Waals surface area contributed by atoms with Crippen LogP contribution in [0.3, 0.4) is 0 Å². The summed E-state index contributed by atoms with van der Waals surface area (Å²) in [4.78, 5) is 4.19. The van der Waals surface area contributed by atoms with Crippen LogP contribution in [0, 0.1) is 28.5 Å². The molecule has 100 valence electrons. The van der Waals surface area contributed by atoms with Gasteiger partial charge in [0, 0.05) is 0 Å². The van der Waals surface area contributed by atoms with Crippen LogP contribution in [0.1, 0.15) is 11.1 Å². The molecule has 5 nitrogen and oxygen atoms in total. The van der Waals surface area contributed by atoms with E-state index in [-0.39, 0.29) is 11.5 Å². The van der Waals surface area contributed by atoms with Gasteiger partial charge < -0.3 is 5.73 Å². The number of anilines is 1. The fraction of sp³-hybridized carbons (Fsp3) is 0. The molecule has 0 bridgehead atoms. The Bertz CT molecular complexity index is 943. The Morgan fingerprint density at radius 2 is 1.90 bits per heavy atom. The molecule has 0 saturated carbocycles. The highest BCUT2D eigenvalue weighted by atomic mass is 19.1. The van der Waals surface area contributed by atoms with Crippen LogP contribution in [0.15, 0.2) is 36.4 Å². The molecule has 21 heavy (non-hydrogen) atoms. The predicted molar refractivity (Wildman–Crippen MR) is 74.9 cm³/mol. The summed E-state index contributed by atoms with van der Waals surface area (Å²) in [5.74, 6) is -0.334. The Morgan fingerprint density at radius 3 is 2.62 bits per heavy atom. The number of nitrogens with two attached hydrogens (primary N) is 1. The number of nitriles is 2. The number of rotatable bonds is 1. The molecule has 0 saturated heterocycles. The van der Waals surface area contributed by atoms with Gasteiger partial charge in [-0.3, -0.25) is 4.57 Å². The Labute approximate surface area is 119 Å². The summed E-state index contributed by atoms with van der Waals surface area (Å²) >= 11 is 0. The van der Waals surface area contributed by atoms with Crippen molar-refractivity contribution in [2.24, 2.45) is 0 Å². The normalized spacial score (nSPS) is 10.2. The van der Waals surface area contributed by atoms with Gasteiger partial charge in [0.25, 0.3) is 0 Å². The predicted octanol–water partition coefficient (Wildman–Crippen LogP) is 2.49. The first kappa shape index (κ1) is 12.6. The zero-order chi connectivity index (χ0) is 15.0. The zero-order valence-electron chi connectivity index (χ0n) is 10.7. The van der Waals surface area contributed by atoms with E-state index < -0.39 is 5.82 Å². The number of hydrogen-bond acceptors (Lipinski definition) is 4. The van der Waals surface area contributed by atoms with Gasteiger partial charge in [-0.1, -0.05) is 0 Å². The highest BCUT2D eigenvalue weighted by Crippen LogP contribution is 2.26. The zero-order valence-corrected chi connectivity index (χ0v) is 10.7. The van der Waals surface area contributed by atoms with E-state index in [1.165, 1.54) is 16.7 Å². The molecule has 6 heteroatoms. The standard InChI is InChI=1S/C15H8FN5/c16-11-2-4-13(10(6-11)8-18)21-14-5-9(7-17)1-3-12(14)20-15(21)19/h1-6H,(H2,19,20). The van der Waals surface area contributed by atoms with E-state index in [4.69, 9.17) is 16.3 Å². The third-order valence-corrected chi connectivity index (χ3v) is 3.13. The maximum absolute atomic E-state index is 13.3. The van der Waals surface area contributed by atoms with Crippen LogP contribution in [0.2, 0.25) is 0 Å². The number of hydrogen-bond donors (Lipinski definition) is 1. The highest BCUT2D eigenvalue weighted by molar-refractivity contribution is 5.82. The molecule has 0 spiro atoms. The first-order valence-electron chi connectivity index (χ1n) is 6.02. The van der Waals surface area contributed by atoms with Gasteiger partial charge in [-0.2, -0.15) is 10.5 Å². The molecule has 0 unspecified atom stereocenters. The number of aromatic nitrogens is 2. The second-order valence-electron chi connectivity index (χ2n) is 4.39. The first-order valence-corrected chi connectivity index (χ1v) is 6.02. The smallest absolute Gasteiger partial charge is 0.205 e. The molecule has 0 amide bonds. The summed E-state index contributed by atoms with van der Waals surface area (Å²) in [6, 6.07) is 12.8. The molecule has 1 aromatic heterocycles. The number of halogens is 1. The minimum atomic E-state index is -0.504. The quantitative estimate of drug-likeness (QED) is 0.739. The molecular formula is C15H8FN5. The van der Waals surface area contributed by atoms with Gasteiger partial charge >= 0.3 is 0 Å². The van der Waals surface area contributed by atoms with Crippen molar-refractivity contribution in [2.75, 3.05) is 5.73 Å². The van der Waals surface area contributed by atoms with Crippen molar-refractivity contribution in [3.05, 3.63) is 53.3 Å². The first-order chi connectivity index (χ1) is 10.1. The van der Waals surface area contributed by atoms with E-state index in [0.717, 1.165) is 6.07 Å². The molecule has 0 radical (unpaired) electrons. The van der Waals surface area contributed by atoms with Gasteiger partial charge in [-0.25, -0.2) is 9.37 Å². The monoisotopic (exact) mass is 277 g/mol.